The Morgan fingerprint density at radius 3 is 1.65 bits per heavy atom. The van der Waals surface area contributed by atoms with Crippen LogP contribution in [0.1, 0.15) is 92.7 Å². The number of hydrogen-bond donors (Lipinski definition) is 0. The van der Waals surface area contributed by atoms with E-state index in [1.54, 1.807) is 11.1 Å². The van der Waals surface area contributed by atoms with E-state index in [1.165, 1.54) is 79.6 Å². The van der Waals surface area contributed by atoms with Crippen LogP contribution in [0.2, 0.25) is 0 Å². The molecule has 0 atom stereocenters. The second-order valence-corrected chi connectivity index (χ2v) is 9.31. The summed E-state index contributed by atoms with van der Waals surface area (Å²) in [5.74, 6) is 1.46. The molecule has 0 N–H and O–H groups in total. The Morgan fingerprint density at radius 2 is 1.15 bits per heavy atom. The predicted octanol–water partition coefficient (Wildman–Crippen LogP) is 8.12. The highest BCUT2D eigenvalue weighted by Crippen LogP contribution is 2.43. The molecule has 0 bridgehead atoms. The van der Waals surface area contributed by atoms with E-state index >= 15 is 0 Å². The van der Waals surface area contributed by atoms with Gasteiger partial charge < -0.3 is 0 Å². The van der Waals surface area contributed by atoms with E-state index in [2.05, 4.69) is 49.4 Å². The SMILES string of the molecule is [CH2-]c1c(C2CCCCC2)cc(Sc2ccccc2)cc1C1CCCCC1. The summed E-state index contributed by atoms with van der Waals surface area (Å²) < 4.78 is 0. The van der Waals surface area contributed by atoms with Gasteiger partial charge in [0.25, 0.3) is 0 Å². The highest BCUT2D eigenvalue weighted by Gasteiger charge is 2.19. The van der Waals surface area contributed by atoms with Crippen LogP contribution in [0.4, 0.5) is 0 Å². The lowest BCUT2D eigenvalue weighted by Crippen LogP contribution is -2.11. The van der Waals surface area contributed by atoms with Crippen molar-refractivity contribution in [3.05, 3.63) is 66.1 Å². The maximum atomic E-state index is 4.61. The quantitative estimate of drug-likeness (QED) is 0.494. The lowest BCUT2D eigenvalue weighted by Gasteiger charge is -2.35. The van der Waals surface area contributed by atoms with Crippen LogP contribution in [0.15, 0.2) is 52.3 Å². The van der Waals surface area contributed by atoms with Crippen molar-refractivity contribution in [1.82, 2.24) is 0 Å². The third-order valence-electron chi connectivity index (χ3n) is 6.36. The average Bonchev–Trinajstić information content (AvgIpc) is 2.71. The summed E-state index contributed by atoms with van der Waals surface area (Å²) in [7, 11) is 0. The third-order valence-corrected chi connectivity index (χ3v) is 7.34. The highest BCUT2D eigenvalue weighted by molar-refractivity contribution is 7.99. The van der Waals surface area contributed by atoms with Crippen molar-refractivity contribution in [3.63, 3.8) is 0 Å². The second-order valence-electron chi connectivity index (χ2n) is 8.17. The van der Waals surface area contributed by atoms with Crippen LogP contribution < -0.4 is 0 Å². The Morgan fingerprint density at radius 1 is 0.654 bits per heavy atom. The first kappa shape index (κ1) is 18.0. The molecule has 0 spiro atoms. The molecule has 0 radical (unpaired) electrons. The van der Waals surface area contributed by atoms with Crippen molar-refractivity contribution < 1.29 is 0 Å². The van der Waals surface area contributed by atoms with Crippen molar-refractivity contribution in [1.29, 1.82) is 0 Å². The molecule has 2 aliphatic carbocycles. The lowest BCUT2D eigenvalue weighted by molar-refractivity contribution is 0.433. The van der Waals surface area contributed by atoms with E-state index in [-0.39, 0.29) is 0 Å². The topological polar surface area (TPSA) is 0 Å². The molecule has 2 aromatic carbocycles. The normalized spacial score (nSPS) is 19.5. The summed E-state index contributed by atoms with van der Waals surface area (Å²) in [6.07, 6.45) is 13.8. The summed E-state index contributed by atoms with van der Waals surface area (Å²) in [6, 6.07) is 15.8. The van der Waals surface area contributed by atoms with Crippen LogP contribution in [0.3, 0.4) is 0 Å². The van der Waals surface area contributed by atoms with E-state index in [1.807, 2.05) is 11.8 Å². The molecule has 1 heteroatoms. The van der Waals surface area contributed by atoms with Gasteiger partial charge in [-0.3, -0.25) is 0 Å². The van der Waals surface area contributed by atoms with E-state index in [0.717, 1.165) is 11.8 Å². The van der Waals surface area contributed by atoms with Gasteiger partial charge in [0.2, 0.25) is 0 Å². The maximum absolute atomic E-state index is 4.61. The molecular weight excluding hydrogens is 332 g/mol. The molecule has 0 heterocycles. The van der Waals surface area contributed by atoms with Gasteiger partial charge in [-0.1, -0.05) is 106 Å². The minimum absolute atomic E-state index is 0.731. The largest absolute Gasteiger partial charge is 0.198 e. The van der Waals surface area contributed by atoms with Crippen LogP contribution in [0.25, 0.3) is 0 Å². The van der Waals surface area contributed by atoms with Crippen molar-refractivity contribution in [3.8, 4) is 0 Å². The van der Waals surface area contributed by atoms with Crippen molar-refractivity contribution in [2.45, 2.75) is 85.8 Å². The van der Waals surface area contributed by atoms with E-state index in [4.69, 9.17) is 0 Å². The molecule has 0 amide bonds. The van der Waals surface area contributed by atoms with Crippen molar-refractivity contribution >= 4 is 11.8 Å². The fourth-order valence-corrected chi connectivity index (χ4v) is 5.87. The summed E-state index contributed by atoms with van der Waals surface area (Å²) in [5.41, 5.74) is 4.50. The first-order valence-electron chi connectivity index (χ1n) is 10.5. The Hall–Kier alpha value is -1.34. The summed E-state index contributed by atoms with van der Waals surface area (Å²) in [6.45, 7) is 4.61. The molecule has 2 aromatic rings. The molecule has 0 nitrogen and oxygen atoms in total. The first-order valence-corrected chi connectivity index (χ1v) is 11.4. The van der Waals surface area contributed by atoms with Gasteiger partial charge in [0.1, 0.15) is 0 Å². The van der Waals surface area contributed by atoms with Crippen LogP contribution >= 0.6 is 11.8 Å². The fraction of sp³-hybridized carbons (Fsp3) is 0.480. The Bertz CT molecular complexity index is 667. The number of hydrogen-bond acceptors (Lipinski definition) is 1. The van der Waals surface area contributed by atoms with Crippen LogP contribution in [0.5, 0.6) is 0 Å². The molecule has 2 fully saturated rings. The molecular formula is C25H31S-. The maximum Gasteiger partial charge on any atom is 0.0121 e. The monoisotopic (exact) mass is 363 g/mol. The van der Waals surface area contributed by atoms with E-state index in [0.29, 0.717) is 0 Å². The summed E-state index contributed by atoms with van der Waals surface area (Å²) in [4.78, 5) is 2.76. The minimum Gasteiger partial charge on any atom is -0.198 e. The van der Waals surface area contributed by atoms with Gasteiger partial charge in [-0.2, -0.15) is 12.5 Å². The van der Waals surface area contributed by atoms with E-state index < -0.39 is 0 Å². The Kier molecular flexibility index (Phi) is 5.94. The van der Waals surface area contributed by atoms with Crippen LogP contribution in [-0.2, 0) is 0 Å². The Balaban J connectivity index is 1.70. The molecule has 2 saturated carbocycles. The first-order chi connectivity index (χ1) is 12.8. The van der Waals surface area contributed by atoms with Crippen molar-refractivity contribution in [2.75, 3.05) is 0 Å². The molecule has 0 unspecified atom stereocenters. The average molecular weight is 364 g/mol. The second kappa shape index (κ2) is 8.57. The third kappa shape index (κ3) is 4.14. The lowest BCUT2D eigenvalue weighted by atomic mass is 9.77. The van der Waals surface area contributed by atoms with Gasteiger partial charge in [-0.25, -0.2) is 0 Å². The van der Waals surface area contributed by atoms with Crippen LogP contribution in [0, 0.1) is 6.92 Å². The zero-order chi connectivity index (χ0) is 17.8. The highest BCUT2D eigenvalue weighted by atomic mass is 32.2. The molecule has 0 aromatic heterocycles. The van der Waals surface area contributed by atoms with E-state index in [9.17, 15) is 0 Å². The molecule has 4 rings (SSSR count). The fourth-order valence-electron chi connectivity index (χ4n) is 4.93. The smallest absolute Gasteiger partial charge is 0.0121 e. The molecule has 26 heavy (non-hydrogen) atoms. The van der Waals surface area contributed by atoms with Gasteiger partial charge in [-0.15, -0.1) is 23.3 Å². The van der Waals surface area contributed by atoms with Gasteiger partial charge in [0.15, 0.2) is 0 Å². The standard InChI is InChI=1S/C25H31S/c1-19-24(20-11-5-2-6-12-20)17-23(26-22-15-9-4-10-16-22)18-25(19)21-13-7-3-8-14-21/h4,9-10,15-18,20-21H,1-3,5-8,11-14H2/q-1. The summed E-state index contributed by atoms with van der Waals surface area (Å²) >= 11 is 1.92. The molecule has 138 valence electrons. The zero-order valence-electron chi connectivity index (χ0n) is 15.9. The zero-order valence-corrected chi connectivity index (χ0v) is 16.7. The van der Waals surface area contributed by atoms with Gasteiger partial charge >= 0.3 is 0 Å². The Labute approximate surface area is 163 Å². The molecule has 0 aliphatic heterocycles. The predicted molar refractivity (Wildman–Crippen MR) is 113 cm³/mol. The van der Waals surface area contributed by atoms with Gasteiger partial charge in [0.05, 0.1) is 0 Å². The number of benzene rings is 2. The minimum atomic E-state index is 0.731. The van der Waals surface area contributed by atoms with Crippen LogP contribution in [-0.4, -0.2) is 0 Å². The van der Waals surface area contributed by atoms with Crippen molar-refractivity contribution in [2.24, 2.45) is 0 Å². The van der Waals surface area contributed by atoms with Gasteiger partial charge in [-0.05, 0) is 17.0 Å². The summed E-state index contributed by atoms with van der Waals surface area (Å²) in [5, 5.41) is 0. The molecule has 0 saturated heterocycles. The number of rotatable bonds is 4. The van der Waals surface area contributed by atoms with Gasteiger partial charge in [0, 0.05) is 4.90 Å². The molecule has 2 aliphatic rings.